The van der Waals surface area contributed by atoms with Gasteiger partial charge in [0.25, 0.3) is 0 Å². The van der Waals surface area contributed by atoms with Crippen LogP contribution in [-0.4, -0.2) is 41.5 Å². The average molecular weight is 484 g/mol. The SMILES string of the molecule is CCc1cc(O)c(F)cc1-c1cc2[nH]ncc2c(NCc2ccccc2N(C)S(=O)(=O)CC)n1. The maximum absolute atomic E-state index is 14.2. The number of fused-ring (bicyclic) bond motifs is 1. The minimum Gasteiger partial charge on any atom is -0.505 e. The lowest BCUT2D eigenvalue weighted by Gasteiger charge is -2.22. The molecule has 34 heavy (non-hydrogen) atoms. The Hall–Kier alpha value is -3.66. The van der Waals surface area contributed by atoms with Gasteiger partial charge in [-0.1, -0.05) is 25.1 Å². The second-order valence-electron chi connectivity index (χ2n) is 7.85. The standard InChI is InChI=1S/C24H26FN5O3S/c1-4-15-10-23(31)19(25)11-17(15)20-12-21-18(14-27-29-21)24(28-20)26-13-16-8-6-7-9-22(16)30(3)34(32,33)5-2/h6-12,14,31H,4-5,13H2,1-3H3,(H,26,28)(H,27,29). The predicted molar refractivity (Wildman–Crippen MR) is 132 cm³/mol. The molecule has 0 spiro atoms. The maximum atomic E-state index is 14.2. The second kappa shape index (κ2) is 9.30. The Morgan fingerprint density at radius 2 is 1.91 bits per heavy atom. The fourth-order valence-corrected chi connectivity index (χ4v) is 4.71. The summed E-state index contributed by atoms with van der Waals surface area (Å²) in [5.41, 5.74) is 3.91. The molecule has 0 radical (unpaired) electrons. The molecule has 0 aliphatic rings. The number of sulfonamides is 1. The fourth-order valence-electron chi connectivity index (χ4n) is 3.84. The Bertz CT molecular complexity index is 1450. The molecule has 0 saturated carbocycles. The molecule has 0 aliphatic heterocycles. The van der Waals surface area contributed by atoms with E-state index in [-0.39, 0.29) is 5.75 Å². The van der Waals surface area contributed by atoms with E-state index in [1.165, 1.54) is 23.5 Å². The molecule has 3 N–H and O–H groups in total. The van der Waals surface area contributed by atoms with E-state index < -0.39 is 21.6 Å². The summed E-state index contributed by atoms with van der Waals surface area (Å²) in [5.74, 6) is -0.604. The number of nitrogens with zero attached hydrogens (tertiary/aromatic N) is 3. The number of pyridine rings is 1. The number of benzene rings is 2. The van der Waals surface area contributed by atoms with Crippen LogP contribution in [0.4, 0.5) is 15.9 Å². The number of anilines is 2. The highest BCUT2D eigenvalue weighted by Crippen LogP contribution is 2.33. The lowest BCUT2D eigenvalue weighted by Crippen LogP contribution is -2.29. The first-order valence-electron chi connectivity index (χ1n) is 10.9. The number of nitrogens with one attached hydrogen (secondary N) is 2. The van der Waals surface area contributed by atoms with Crippen molar-refractivity contribution in [3.05, 3.63) is 65.6 Å². The Morgan fingerprint density at radius 3 is 2.65 bits per heavy atom. The summed E-state index contributed by atoms with van der Waals surface area (Å²) >= 11 is 0. The van der Waals surface area contributed by atoms with Crippen molar-refractivity contribution < 1.29 is 17.9 Å². The first-order valence-corrected chi connectivity index (χ1v) is 12.5. The van der Waals surface area contributed by atoms with Crippen LogP contribution in [0.5, 0.6) is 5.75 Å². The van der Waals surface area contributed by atoms with Crippen molar-refractivity contribution in [2.45, 2.75) is 26.8 Å². The third kappa shape index (κ3) is 4.41. The zero-order valence-corrected chi connectivity index (χ0v) is 19.9. The molecule has 10 heteroatoms. The molecule has 2 aromatic carbocycles. The minimum atomic E-state index is -3.42. The summed E-state index contributed by atoms with van der Waals surface area (Å²) < 4.78 is 40.3. The molecule has 4 aromatic rings. The van der Waals surface area contributed by atoms with Crippen LogP contribution in [-0.2, 0) is 23.0 Å². The van der Waals surface area contributed by atoms with Gasteiger partial charge in [-0.15, -0.1) is 0 Å². The lowest BCUT2D eigenvalue weighted by atomic mass is 10.0. The van der Waals surface area contributed by atoms with Gasteiger partial charge in [-0.2, -0.15) is 5.10 Å². The quantitative estimate of drug-likeness (QED) is 0.342. The maximum Gasteiger partial charge on any atom is 0.234 e. The van der Waals surface area contributed by atoms with Crippen LogP contribution < -0.4 is 9.62 Å². The average Bonchev–Trinajstić information content (AvgIpc) is 3.32. The number of aromatic nitrogens is 3. The third-order valence-electron chi connectivity index (χ3n) is 5.83. The first kappa shape index (κ1) is 23.5. The van der Waals surface area contributed by atoms with Crippen molar-refractivity contribution in [1.82, 2.24) is 15.2 Å². The van der Waals surface area contributed by atoms with Crippen molar-refractivity contribution in [3.8, 4) is 17.0 Å². The molecule has 2 aromatic heterocycles. The van der Waals surface area contributed by atoms with E-state index >= 15 is 0 Å². The number of aromatic hydroxyl groups is 1. The molecule has 178 valence electrons. The number of hydrogen-bond donors (Lipinski definition) is 3. The van der Waals surface area contributed by atoms with Gasteiger partial charge in [-0.3, -0.25) is 9.40 Å². The van der Waals surface area contributed by atoms with E-state index in [4.69, 9.17) is 4.98 Å². The molecular weight excluding hydrogens is 457 g/mol. The summed E-state index contributed by atoms with van der Waals surface area (Å²) in [5, 5.41) is 20.9. The second-order valence-corrected chi connectivity index (χ2v) is 10.1. The summed E-state index contributed by atoms with van der Waals surface area (Å²) in [6.45, 7) is 3.83. The van der Waals surface area contributed by atoms with E-state index in [1.807, 2.05) is 19.1 Å². The Balaban J connectivity index is 1.73. The topological polar surface area (TPSA) is 111 Å². The Kier molecular flexibility index (Phi) is 6.43. The summed E-state index contributed by atoms with van der Waals surface area (Å²) in [6, 6.07) is 11.7. The zero-order chi connectivity index (χ0) is 24.5. The van der Waals surface area contributed by atoms with Crippen LogP contribution in [0.1, 0.15) is 25.0 Å². The number of rotatable bonds is 8. The van der Waals surface area contributed by atoms with Crippen LogP contribution in [0.15, 0.2) is 48.7 Å². The van der Waals surface area contributed by atoms with Crippen LogP contribution in [0.3, 0.4) is 0 Å². The van der Waals surface area contributed by atoms with Crippen LogP contribution >= 0.6 is 0 Å². The summed E-state index contributed by atoms with van der Waals surface area (Å²) in [4.78, 5) is 4.73. The lowest BCUT2D eigenvalue weighted by molar-refractivity contribution is 0.432. The number of halogens is 1. The van der Waals surface area contributed by atoms with Gasteiger partial charge >= 0.3 is 0 Å². The number of hydrogen-bond acceptors (Lipinski definition) is 6. The van der Waals surface area contributed by atoms with Crippen molar-refractivity contribution in [3.63, 3.8) is 0 Å². The van der Waals surface area contributed by atoms with Gasteiger partial charge in [-0.25, -0.2) is 17.8 Å². The number of para-hydroxylation sites is 1. The monoisotopic (exact) mass is 483 g/mol. The number of aromatic amines is 1. The molecule has 0 unspecified atom stereocenters. The van der Waals surface area contributed by atoms with E-state index in [9.17, 15) is 17.9 Å². The molecule has 2 heterocycles. The highest BCUT2D eigenvalue weighted by Gasteiger charge is 2.19. The Morgan fingerprint density at radius 1 is 1.15 bits per heavy atom. The Labute approximate surface area is 197 Å². The highest BCUT2D eigenvalue weighted by atomic mass is 32.2. The van der Waals surface area contributed by atoms with Gasteiger partial charge in [0.15, 0.2) is 11.6 Å². The minimum absolute atomic E-state index is 0.00649. The molecule has 4 rings (SSSR count). The van der Waals surface area contributed by atoms with E-state index in [0.29, 0.717) is 41.2 Å². The molecular formula is C24H26FN5O3S. The van der Waals surface area contributed by atoms with Gasteiger partial charge in [0, 0.05) is 19.2 Å². The fraction of sp³-hybridized carbons (Fsp3) is 0.250. The molecule has 0 saturated heterocycles. The van der Waals surface area contributed by atoms with E-state index in [0.717, 1.165) is 16.5 Å². The largest absolute Gasteiger partial charge is 0.505 e. The zero-order valence-electron chi connectivity index (χ0n) is 19.1. The van der Waals surface area contributed by atoms with Gasteiger partial charge in [0.2, 0.25) is 10.0 Å². The summed E-state index contributed by atoms with van der Waals surface area (Å²) in [7, 11) is -1.88. The third-order valence-corrected chi connectivity index (χ3v) is 7.59. The molecule has 0 amide bonds. The van der Waals surface area contributed by atoms with Crippen LogP contribution in [0.25, 0.3) is 22.2 Å². The smallest absolute Gasteiger partial charge is 0.234 e. The predicted octanol–water partition coefficient (Wildman–Crippen LogP) is 4.43. The number of phenolic OH excluding ortho intramolecular Hbond substituents is 1. The molecule has 0 fully saturated rings. The van der Waals surface area contributed by atoms with Crippen molar-refractivity contribution in [1.29, 1.82) is 0 Å². The van der Waals surface area contributed by atoms with Gasteiger partial charge in [-0.05, 0) is 48.7 Å². The normalized spacial score (nSPS) is 11.6. The number of aryl methyl sites for hydroxylation is 1. The van der Waals surface area contributed by atoms with E-state index in [2.05, 4.69) is 15.5 Å². The summed E-state index contributed by atoms with van der Waals surface area (Å²) in [6.07, 6.45) is 2.23. The van der Waals surface area contributed by atoms with Crippen LogP contribution in [0.2, 0.25) is 0 Å². The van der Waals surface area contributed by atoms with Gasteiger partial charge in [0.1, 0.15) is 5.82 Å². The number of phenols is 1. The van der Waals surface area contributed by atoms with Gasteiger partial charge in [0.05, 0.1) is 34.2 Å². The molecule has 0 atom stereocenters. The van der Waals surface area contributed by atoms with Crippen LogP contribution in [0, 0.1) is 5.82 Å². The molecule has 0 aliphatic carbocycles. The number of H-pyrrole nitrogens is 1. The molecule has 0 bridgehead atoms. The highest BCUT2D eigenvalue weighted by molar-refractivity contribution is 7.92. The van der Waals surface area contributed by atoms with Crippen molar-refractivity contribution >= 4 is 32.4 Å². The van der Waals surface area contributed by atoms with E-state index in [1.54, 1.807) is 31.3 Å². The van der Waals surface area contributed by atoms with Gasteiger partial charge < -0.3 is 10.4 Å². The van der Waals surface area contributed by atoms with Crippen molar-refractivity contribution in [2.24, 2.45) is 0 Å². The molecule has 8 nitrogen and oxygen atoms in total. The first-order chi connectivity index (χ1) is 16.2. The van der Waals surface area contributed by atoms with Crippen molar-refractivity contribution in [2.75, 3.05) is 22.4 Å².